The molecule has 2 aromatic carbocycles. The standard InChI is InChI=1S/C24H28FN3O2/c1-18(2)15-28(24(29)26-21-9-11-23(30-3)12-10-21)17-22-8-5-13-27(22)16-19-6-4-7-20(25)14-19/h4-14,18H,15-17H2,1-3H3,(H,26,29). The molecule has 3 rings (SSSR count). The highest BCUT2D eigenvalue weighted by Gasteiger charge is 2.17. The van der Waals surface area contributed by atoms with Gasteiger partial charge in [-0.15, -0.1) is 0 Å². The first-order valence-electron chi connectivity index (χ1n) is 10.0. The van der Waals surface area contributed by atoms with Crippen LogP contribution in [0.15, 0.2) is 66.9 Å². The van der Waals surface area contributed by atoms with Gasteiger partial charge in [-0.1, -0.05) is 26.0 Å². The van der Waals surface area contributed by atoms with E-state index in [1.807, 2.05) is 53.2 Å². The zero-order chi connectivity index (χ0) is 21.5. The van der Waals surface area contributed by atoms with Crippen molar-refractivity contribution in [2.45, 2.75) is 26.9 Å². The van der Waals surface area contributed by atoms with Gasteiger partial charge in [-0.05, 0) is 60.0 Å². The number of carbonyl (C=O) groups is 1. The van der Waals surface area contributed by atoms with Crippen molar-refractivity contribution >= 4 is 11.7 Å². The molecule has 0 bridgehead atoms. The quantitative estimate of drug-likeness (QED) is 0.543. The number of halogens is 1. The largest absolute Gasteiger partial charge is 0.497 e. The van der Waals surface area contributed by atoms with E-state index in [0.717, 1.165) is 17.0 Å². The number of aromatic nitrogens is 1. The monoisotopic (exact) mass is 409 g/mol. The second kappa shape index (κ2) is 9.96. The van der Waals surface area contributed by atoms with Gasteiger partial charge in [0.25, 0.3) is 0 Å². The van der Waals surface area contributed by atoms with Crippen LogP contribution in [0, 0.1) is 11.7 Å². The summed E-state index contributed by atoms with van der Waals surface area (Å²) < 4.78 is 20.7. The van der Waals surface area contributed by atoms with E-state index in [1.165, 1.54) is 12.1 Å². The van der Waals surface area contributed by atoms with Gasteiger partial charge in [0.1, 0.15) is 11.6 Å². The van der Waals surface area contributed by atoms with Crippen LogP contribution < -0.4 is 10.1 Å². The maximum Gasteiger partial charge on any atom is 0.322 e. The lowest BCUT2D eigenvalue weighted by atomic mass is 10.2. The smallest absolute Gasteiger partial charge is 0.322 e. The van der Waals surface area contributed by atoms with Gasteiger partial charge in [0.15, 0.2) is 0 Å². The molecule has 1 heterocycles. The molecule has 0 aliphatic rings. The summed E-state index contributed by atoms with van der Waals surface area (Å²) in [5.74, 6) is 0.807. The van der Waals surface area contributed by atoms with Crippen LogP contribution in [0.5, 0.6) is 5.75 Å². The second-order valence-corrected chi connectivity index (χ2v) is 7.69. The van der Waals surface area contributed by atoms with Gasteiger partial charge < -0.3 is 19.5 Å². The number of ether oxygens (including phenoxy) is 1. The van der Waals surface area contributed by atoms with E-state index in [4.69, 9.17) is 4.74 Å². The highest BCUT2D eigenvalue weighted by molar-refractivity contribution is 5.89. The van der Waals surface area contributed by atoms with Gasteiger partial charge in [0, 0.05) is 30.7 Å². The van der Waals surface area contributed by atoms with Crippen molar-refractivity contribution in [1.29, 1.82) is 0 Å². The zero-order valence-corrected chi connectivity index (χ0v) is 17.6. The van der Waals surface area contributed by atoms with Crippen molar-refractivity contribution < 1.29 is 13.9 Å². The Balaban J connectivity index is 1.73. The molecule has 1 N–H and O–H groups in total. The first-order valence-corrected chi connectivity index (χ1v) is 10.0. The van der Waals surface area contributed by atoms with Gasteiger partial charge in [0.05, 0.1) is 13.7 Å². The maximum absolute atomic E-state index is 13.5. The third kappa shape index (κ3) is 5.86. The minimum absolute atomic E-state index is 0.160. The molecule has 0 unspecified atom stereocenters. The van der Waals surface area contributed by atoms with E-state index in [9.17, 15) is 9.18 Å². The number of amides is 2. The molecular weight excluding hydrogens is 381 g/mol. The van der Waals surface area contributed by atoms with Crippen molar-refractivity contribution in [3.05, 3.63) is 83.9 Å². The number of urea groups is 1. The first-order chi connectivity index (χ1) is 14.4. The number of anilines is 1. The number of rotatable bonds is 8. The first kappa shape index (κ1) is 21.4. The fourth-order valence-corrected chi connectivity index (χ4v) is 3.31. The van der Waals surface area contributed by atoms with E-state index in [1.54, 1.807) is 18.1 Å². The van der Waals surface area contributed by atoms with Gasteiger partial charge in [-0.25, -0.2) is 9.18 Å². The predicted molar refractivity (Wildman–Crippen MR) is 117 cm³/mol. The topological polar surface area (TPSA) is 46.5 Å². The van der Waals surface area contributed by atoms with Crippen LogP contribution in [0.1, 0.15) is 25.1 Å². The lowest BCUT2D eigenvalue weighted by Gasteiger charge is -2.26. The molecule has 0 spiro atoms. The zero-order valence-electron chi connectivity index (χ0n) is 17.6. The minimum atomic E-state index is -0.249. The molecule has 158 valence electrons. The third-order valence-electron chi connectivity index (χ3n) is 4.73. The molecule has 30 heavy (non-hydrogen) atoms. The van der Waals surface area contributed by atoms with Gasteiger partial charge in [0.2, 0.25) is 0 Å². The van der Waals surface area contributed by atoms with Crippen LogP contribution in [-0.2, 0) is 13.1 Å². The van der Waals surface area contributed by atoms with Gasteiger partial charge in [-0.3, -0.25) is 0 Å². The summed E-state index contributed by atoms with van der Waals surface area (Å²) in [5, 5.41) is 2.96. The number of hydrogen-bond acceptors (Lipinski definition) is 2. The molecule has 0 aliphatic heterocycles. The van der Waals surface area contributed by atoms with Crippen molar-refractivity contribution in [2.75, 3.05) is 19.0 Å². The summed E-state index contributed by atoms with van der Waals surface area (Å²) in [4.78, 5) is 14.8. The second-order valence-electron chi connectivity index (χ2n) is 7.69. The summed E-state index contributed by atoms with van der Waals surface area (Å²) in [6.45, 7) is 5.80. The summed E-state index contributed by atoms with van der Waals surface area (Å²) in [5.41, 5.74) is 2.58. The molecule has 0 aliphatic carbocycles. The highest BCUT2D eigenvalue weighted by atomic mass is 19.1. The molecule has 1 aromatic heterocycles. The Bertz CT molecular complexity index is 967. The Morgan fingerprint density at radius 2 is 1.90 bits per heavy atom. The average molecular weight is 410 g/mol. The molecule has 0 radical (unpaired) electrons. The van der Waals surface area contributed by atoms with Crippen molar-refractivity contribution in [3.8, 4) is 5.75 Å². The number of benzene rings is 2. The van der Waals surface area contributed by atoms with Gasteiger partial charge >= 0.3 is 6.03 Å². The Labute approximate surface area is 177 Å². The molecule has 5 nitrogen and oxygen atoms in total. The highest BCUT2D eigenvalue weighted by Crippen LogP contribution is 2.17. The SMILES string of the molecule is COc1ccc(NC(=O)N(Cc2cccn2Cc2cccc(F)c2)CC(C)C)cc1. The van der Waals surface area contributed by atoms with Crippen LogP contribution in [0.4, 0.5) is 14.9 Å². The molecule has 2 amide bonds. The van der Waals surface area contributed by atoms with E-state index >= 15 is 0 Å². The number of nitrogens with zero attached hydrogens (tertiary/aromatic N) is 2. The lowest BCUT2D eigenvalue weighted by molar-refractivity contribution is 0.200. The predicted octanol–water partition coefficient (Wildman–Crippen LogP) is 5.37. The molecule has 3 aromatic rings. The summed E-state index contributed by atoms with van der Waals surface area (Å²) >= 11 is 0. The summed E-state index contributed by atoms with van der Waals surface area (Å²) in [6, 6.07) is 17.6. The van der Waals surface area contributed by atoms with Crippen molar-refractivity contribution in [3.63, 3.8) is 0 Å². The maximum atomic E-state index is 13.5. The normalized spacial score (nSPS) is 10.8. The van der Waals surface area contributed by atoms with E-state index in [-0.39, 0.29) is 11.8 Å². The molecule has 0 fully saturated rings. The number of nitrogens with one attached hydrogen (secondary N) is 1. The fourth-order valence-electron chi connectivity index (χ4n) is 3.31. The molecule has 0 saturated heterocycles. The van der Waals surface area contributed by atoms with Crippen LogP contribution in [0.25, 0.3) is 0 Å². The third-order valence-corrected chi connectivity index (χ3v) is 4.73. The molecule has 6 heteroatoms. The molecular formula is C24H28FN3O2. The average Bonchev–Trinajstić information content (AvgIpc) is 3.14. The number of carbonyl (C=O) groups excluding carboxylic acids is 1. The van der Waals surface area contributed by atoms with Gasteiger partial charge in [-0.2, -0.15) is 0 Å². The number of hydrogen-bond donors (Lipinski definition) is 1. The van der Waals surface area contributed by atoms with Crippen molar-refractivity contribution in [1.82, 2.24) is 9.47 Å². The van der Waals surface area contributed by atoms with Crippen LogP contribution in [0.3, 0.4) is 0 Å². The van der Waals surface area contributed by atoms with Crippen LogP contribution >= 0.6 is 0 Å². The Hall–Kier alpha value is -3.28. The Morgan fingerprint density at radius 1 is 1.13 bits per heavy atom. The lowest BCUT2D eigenvalue weighted by Crippen LogP contribution is -2.37. The Kier molecular flexibility index (Phi) is 7.12. The summed E-state index contributed by atoms with van der Waals surface area (Å²) in [6.07, 6.45) is 1.95. The molecule has 0 saturated carbocycles. The van der Waals surface area contributed by atoms with Crippen molar-refractivity contribution in [2.24, 2.45) is 5.92 Å². The Morgan fingerprint density at radius 3 is 2.57 bits per heavy atom. The van der Waals surface area contributed by atoms with E-state index < -0.39 is 0 Å². The van der Waals surface area contributed by atoms with E-state index in [2.05, 4.69) is 19.2 Å². The fraction of sp³-hybridized carbons (Fsp3) is 0.292. The molecule has 0 atom stereocenters. The van der Waals surface area contributed by atoms with Crippen LogP contribution in [-0.4, -0.2) is 29.2 Å². The minimum Gasteiger partial charge on any atom is -0.497 e. The van der Waals surface area contributed by atoms with Crippen LogP contribution in [0.2, 0.25) is 0 Å². The number of methoxy groups -OCH3 is 1. The van der Waals surface area contributed by atoms with E-state index in [0.29, 0.717) is 31.2 Å². The summed E-state index contributed by atoms with van der Waals surface area (Å²) in [7, 11) is 1.61.